The van der Waals surface area contributed by atoms with E-state index in [0.29, 0.717) is 0 Å². The van der Waals surface area contributed by atoms with Crippen molar-refractivity contribution in [3.05, 3.63) is 24.4 Å². The monoisotopic (exact) mass is 535 g/mol. The summed E-state index contributed by atoms with van der Waals surface area (Å²) in [6, 6.07) is 0. The van der Waals surface area contributed by atoms with Crippen LogP contribution in [-0.4, -0.2) is 6.54 Å². The fraction of sp³-hybridized carbons (Fsp3) is 0.889. The third-order valence-corrected chi connectivity index (χ3v) is 7.58. The minimum absolute atomic E-state index is 0.862. The van der Waals surface area contributed by atoms with E-state index in [1.165, 1.54) is 180 Å². The van der Waals surface area contributed by atoms with Gasteiger partial charge in [0.05, 0.1) is 0 Å². The van der Waals surface area contributed by atoms with Crippen LogP contribution in [0.3, 0.4) is 0 Å². The maximum Gasteiger partial charge on any atom is -0.00773 e. The van der Waals surface area contributed by atoms with Crippen molar-refractivity contribution in [2.45, 2.75) is 200 Å². The molecule has 38 heavy (non-hydrogen) atoms. The van der Waals surface area contributed by atoms with E-state index in [4.69, 9.17) is 11.5 Å². The molecule has 0 aromatic heterocycles. The average molecular weight is 535 g/mol. The van der Waals surface area contributed by atoms with Crippen LogP contribution in [-0.2, 0) is 0 Å². The second-order valence-electron chi connectivity index (χ2n) is 11.5. The summed E-state index contributed by atoms with van der Waals surface area (Å²) in [7, 11) is 0. The van der Waals surface area contributed by atoms with Gasteiger partial charge in [0.1, 0.15) is 0 Å². The zero-order valence-electron chi connectivity index (χ0n) is 26.7. The number of allylic oxidation sites excluding steroid dienone is 3. The molecule has 0 rings (SSSR count). The van der Waals surface area contributed by atoms with Crippen LogP contribution >= 0.6 is 0 Å². The van der Waals surface area contributed by atoms with Crippen LogP contribution in [0.2, 0.25) is 0 Å². The molecule has 0 unspecified atom stereocenters. The van der Waals surface area contributed by atoms with Gasteiger partial charge in [0.2, 0.25) is 0 Å². The molecule has 0 radical (unpaired) electrons. The second-order valence-corrected chi connectivity index (χ2v) is 11.5. The van der Waals surface area contributed by atoms with Crippen LogP contribution in [0.25, 0.3) is 0 Å². The molecule has 2 nitrogen and oxygen atoms in total. The van der Waals surface area contributed by atoms with Gasteiger partial charge >= 0.3 is 0 Å². The van der Waals surface area contributed by atoms with E-state index in [0.717, 1.165) is 13.0 Å². The summed E-state index contributed by atoms with van der Waals surface area (Å²) >= 11 is 0. The first-order valence-corrected chi connectivity index (χ1v) is 17.5. The molecule has 0 fully saturated rings. The predicted octanol–water partition coefficient (Wildman–Crippen LogP) is 12.3. The van der Waals surface area contributed by atoms with Gasteiger partial charge in [-0.15, -0.1) is 0 Å². The van der Waals surface area contributed by atoms with E-state index >= 15 is 0 Å². The Morgan fingerprint density at radius 3 is 0.895 bits per heavy atom. The summed E-state index contributed by atoms with van der Waals surface area (Å²) < 4.78 is 0. The van der Waals surface area contributed by atoms with Gasteiger partial charge in [-0.25, -0.2) is 0 Å². The van der Waals surface area contributed by atoms with Crippen molar-refractivity contribution in [1.82, 2.24) is 0 Å². The van der Waals surface area contributed by atoms with Crippen molar-refractivity contribution < 1.29 is 0 Å². The van der Waals surface area contributed by atoms with E-state index in [2.05, 4.69) is 32.1 Å². The first-order valence-electron chi connectivity index (χ1n) is 17.5. The molecule has 2 heteroatoms. The third kappa shape index (κ3) is 42.3. The smallest absolute Gasteiger partial charge is 0.00773 e. The zero-order chi connectivity index (χ0) is 28.0. The molecular weight excluding hydrogens is 460 g/mol. The highest BCUT2D eigenvalue weighted by Crippen LogP contribution is 2.13. The highest BCUT2D eigenvalue weighted by Gasteiger charge is 1.94. The average Bonchev–Trinajstić information content (AvgIpc) is 2.93. The zero-order valence-corrected chi connectivity index (χ0v) is 26.7. The lowest BCUT2D eigenvalue weighted by Crippen LogP contribution is -1.97. The van der Waals surface area contributed by atoms with E-state index < -0.39 is 0 Å². The van der Waals surface area contributed by atoms with Gasteiger partial charge in [-0.2, -0.15) is 0 Å². The Bertz CT molecular complexity index is 429. The number of nitrogens with two attached hydrogens (primary N) is 2. The molecular formula is C36H74N2. The Morgan fingerprint density at radius 2 is 0.605 bits per heavy atom. The Kier molecular flexibility index (Phi) is 42.2. The molecule has 0 aliphatic rings. The summed E-state index contributed by atoms with van der Waals surface area (Å²) in [5.41, 5.74) is 10.8. The second kappa shape index (κ2) is 40.7. The highest BCUT2D eigenvalue weighted by molar-refractivity contribution is 4.81. The van der Waals surface area contributed by atoms with Crippen molar-refractivity contribution in [1.29, 1.82) is 0 Å². The Hall–Kier alpha value is -0.760. The lowest BCUT2D eigenvalue weighted by atomic mass is 10.0. The molecule has 0 bridgehead atoms. The van der Waals surface area contributed by atoms with E-state index in [1.54, 1.807) is 6.20 Å². The number of unbranched alkanes of at least 4 members (excludes halogenated alkanes) is 26. The molecule has 0 amide bonds. The van der Waals surface area contributed by atoms with Crippen molar-refractivity contribution in [3.63, 3.8) is 0 Å². The fourth-order valence-electron chi connectivity index (χ4n) is 4.94. The van der Waals surface area contributed by atoms with Gasteiger partial charge in [-0.1, -0.05) is 173 Å². The minimum atomic E-state index is 0.862. The molecule has 4 N–H and O–H groups in total. The van der Waals surface area contributed by atoms with Gasteiger partial charge in [0.25, 0.3) is 0 Å². The number of hydrogen-bond acceptors (Lipinski definition) is 2. The lowest BCUT2D eigenvalue weighted by molar-refractivity contribution is 0.536. The molecule has 0 aromatic carbocycles. The van der Waals surface area contributed by atoms with Crippen LogP contribution in [0.4, 0.5) is 0 Å². The van der Waals surface area contributed by atoms with Gasteiger partial charge in [-0.05, 0) is 57.7 Å². The van der Waals surface area contributed by atoms with Gasteiger partial charge < -0.3 is 11.5 Å². The van der Waals surface area contributed by atoms with Gasteiger partial charge in [0, 0.05) is 0 Å². The van der Waals surface area contributed by atoms with Crippen LogP contribution in [0.15, 0.2) is 24.4 Å². The fourth-order valence-corrected chi connectivity index (χ4v) is 4.94. The van der Waals surface area contributed by atoms with E-state index in [9.17, 15) is 0 Å². The molecule has 0 aromatic rings. The van der Waals surface area contributed by atoms with Crippen molar-refractivity contribution >= 4 is 0 Å². The molecule has 0 atom stereocenters. The normalized spacial score (nSPS) is 11.4. The van der Waals surface area contributed by atoms with E-state index in [1.807, 2.05) is 0 Å². The third-order valence-electron chi connectivity index (χ3n) is 7.58. The van der Waals surface area contributed by atoms with E-state index in [-0.39, 0.29) is 0 Å². The predicted molar refractivity (Wildman–Crippen MR) is 177 cm³/mol. The lowest BCUT2D eigenvalue weighted by Gasteiger charge is -2.02. The first kappa shape index (κ1) is 39.4. The molecule has 0 saturated heterocycles. The largest absolute Gasteiger partial charge is 0.405 e. The maximum absolute atomic E-state index is 5.47. The van der Waals surface area contributed by atoms with Crippen molar-refractivity contribution in [2.24, 2.45) is 11.5 Å². The molecule has 0 heterocycles. The van der Waals surface area contributed by atoms with Crippen LogP contribution < -0.4 is 11.5 Å². The van der Waals surface area contributed by atoms with Crippen molar-refractivity contribution in [2.75, 3.05) is 6.54 Å². The molecule has 0 aliphatic heterocycles. The van der Waals surface area contributed by atoms with Gasteiger partial charge in [-0.3, -0.25) is 0 Å². The standard InChI is InChI=1S/2C18H37N/c2*1-2-3-4-5-6-7-8-9-10-11-12-13-14-15-16-17-18-19/h17-18H,2-16,19H2,1H3;9-10H,2-8,11-19H2,1H3. The molecule has 0 saturated carbocycles. The molecule has 0 aliphatic carbocycles. The maximum atomic E-state index is 5.47. The first-order chi connectivity index (χ1) is 18.8. The summed E-state index contributed by atoms with van der Waals surface area (Å²) in [5, 5.41) is 0. The Labute approximate surface area is 242 Å². The van der Waals surface area contributed by atoms with Gasteiger partial charge in [0.15, 0.2) is 0 Å². The van der Waals surface area contributed by atoms with Crippen LogP contribution in [0.5, 0.6) is 0 Å². The number of rotatable bonds is 30. The quantitative estimate of drug-likeness (QED) is 0.0711. The highest BCUT2D eigenvalue weighted by atomic mass is 14.5. The molecule has 228 valence electrons. The summed E-state index contributed by atoms with van der Waals surface area (Å²) in [6.45, 7) is 5.43. The topological polar surface area (TPSA) is 52.0 Å². The number of hydrogen-bond donors (Lipinski definition) is 2. The minimum Gasteiger partial charge on any atom is -0.405 e. The summed E-state index contributed by atoms with van der Waals surface area (Å²) in [4.78, 5) is 0. The SMILES string of the molecule is CCCCCCCCC=CCCCCCCCCN.CCCCCCCCCCCCCCCCC=CN. The van der Waals surface area contributed by atoms with Crippen molar-refractivity contribution in [3.8, 4) is 0 Å². The van der Waals surface area contributed by atoms with Crippen LogP contribution in [0.1, 0.15) is 200 Å². The summed E-state index contributed by atoms with van der Waals surface area (Å²) in [5.74, 6) is 0. The Morgan fingerprint density at radius 1 is 0.342 bits per heavy atom. The van der Waals surface area contributed by atoms with Crippen LogP contribution in [0, 0.1) is 0 Å². The summed E-state index contributed by atoms with van der Waals surface area (Å²) in [6.07, 6.45) is 48.8. The Balaban J connectivity index is 0. The molecule has 0 spiro atoms.